The van der Waals surface area contributed by atoms with Gasteiger partial charge in [-0.3, -0.25) is 4.90 Å². The summed E-state index contributed by atoms with van der Waals surface area (Å²) in [5, 5.41) is 0. The lowest BCUT2D eigenvalue weighted by atomic mass is 9.95. The Hall–Kier alpha value is -3.55. The predicted molar refractivity (Wildman–Crippen MR) is 147 cm³/mol. The van der Waals surface area contributed by atoms with Crippen LogP contribution in [-0.2, 0) is 29.6 Å². The van der Waals surface area contributed by atoms with Gasteiger partial charge in [0.1, 0.15) is 4.90 Å². The van der Waals surface area contributed by atoms with Gasteiger partial charge in [0.25, 0.3) is 0 Å². The third kappa shape index (κ3) is 4.20. The first-order valence-corrected chi connectivity index (χ1v) is 14.3. The maximum atomic E-state index is 13.2. The molecule has 0 bridgehead atoms. The summed E-state index contributed by atoms with van der Waals surface area (Å²) < 4.78 is 43.7. The Morgan fingerprint density at radius 3 is 2.24 bits per heavy atom. The fraction of sp³-hybridized carbons (Fsp3) is 0.290. The molecular weight excluding hydrogens is 498 g/mol. The minimum absolute atomic E-state index is 0.0939. The van der Waals surface area contributed by atoms with Gasteiger partial charge in [-0.15, -0.1) is 0 Å². The van der Waals surface area contributed by atoms with E-state index in [1.165, 1.54) is 23.8 Å². The number of hydrogen-bond acceptors (Lipinski definition) is 6. The van der Waals surface area contributed by atoms with E-state index in [0.717, 1.165) is 54.6 Å². The van der Waals surface area contributed by atoms with E-state index >= 15 is 0 Å². The summed E-state index contributed by atoms with van der Waals surface area (Å²) in [6.45, 7) is 3.77. The van der Waals surface area contributed by atoms with Gasteiger partial charge in [0.05, 0.1) is 14.2 Å². The molecule has 1 atom stereocenters. The molecule has 0 spiro atoms. The summed E-state index contributed by atoms with van der Waals surface area (Å²) >= 11 is 0. The molecule has 6 rings (SSSR count). The molecule has 3 aromatic rings. The summed E-state index contributed by atoms with van der Waals surface area (Å²) in [6, 6.07) is 17.4. The number of allylic oxidation sites excluding steroid dienone is 3. The lowest BCUT2D eigenvalue weighted by molar-refractivity contribution is 0.215. The molecule has 0 saturated carbocycles. The average molecular weight is 530 g/mol. The second-order valence-corrected chi connectivity index (χ2v) is 11.6. The molecule has 2 aliphatic carbocycles. The molecule has 6 nitrogen and oxygen atoms in total. The maximum Gasteiger partial charge on any atom is 0.339 e. The Morgan fingerprint density at radius 1 is 0.895 bits per heavy atom. The minimum atomic E-state index is -4.07. The molecule has 0 amide bonds. The first-order chi connectivity index (χ1) is 18.4. The molecule has 0 radical (unpaired) electrons. The number of benzene rings is 3. The van der Waals surface area contributed by atoms with Gasteiger partial charge in [0, 0.05) is 24.7 Å². The van der Waals surface area contributed by atoms with Crippen LogP contribution in [0, 0.1) is 6.92 Å². The highest BCUT2D eigenvalue weighted by Gasteiger charge is 2.36. The third-order valence-electron chi connectivity index (χ3n) is 7.83. The van der Waals surface area contributed by atoms with E-state index in [0.29, 0.717) is 5.75 Å². The lowest BCUT2D eigenvalue weighted by Gasteiger charge is -2.29. The van der Waals surface area contributed by atoms with Crippen molar-refractivity contribution in [1.29, 1.82) is 0 Å². The van der Waals surface area contributed by atoms with Crippen molar-refractivity contribution in [3.05, 3.63) is 100 Å². The molecule has 7 heteroatoms. The SMILES string of the molecule is COc1c(OS(=O)(=O)c2ccc(C)cc2)cc2c(c1OC)C1=C(CC=C1)[C@@H](N1Cc3ccccc3C1)CC2. The predicted octanol–water partition coefficient (Wildman–Crippen LogP) is 5.82. The van der Waals surface area contributed by atoms with Crippen molar-refractivity contribution in [3.8, 4) is 17.2 Å². The second kappa shape index (κ2) is 9.64. The summed E-state index contributed by atoms with van der Waals surface area (Å²) in [7, 11) is -0.963. The monoisotopic (exact) mass is 529 g/mol. The van der Waals surface area contributed by atoms with Crippen LogP contribution in [-0.4, -0.2) is 33.6 Å². The molecule has 1 heterocycles. The Morgan fingerprint density at radius 2 is 1.58 bits per heavy atom. The highest BCUT2D eigenvalue weighted by Crippen LogP contribution is 2.50. The summed E-state index contributed by atoms with van der Waals surface area (Å²) in [5.41, 5.74) is 8.22. The van der Waals surface area contributed by atoms with E-state index in [2.05, 4.69) is 41.3 Å². The number of nitrogens with zero attached hydrogens (tertiary/aromatic N) is 1. The van der Waals surface area contributed by atoms with Crippen LogP contribution < -0.4 is 13.7 Å². The van der Waals surface area contributed by atoms with Crippen molar-refractivity contribution >= 4 is 15.7 Å². The van der Waals surface area contributed by atoms with Crippen LogP contribution in [0.3, 0.4) is 0 Å². The van der Waals surface area contributed by atoms with Crippen LogP contribution in [0.2, 0.25) is 0 Å². The van der Waals surface area contributed by atoms with Crippen molar-refractivity contribution in [1.82, 2.24) is 4.90 Å². The number of hydrogen-bond donors (Lipinski definition) is 0. The van der Waals surface area contributed by atoms with Crippen LogP contribution in [0.25, 0.3) is 5.57 Å². The van der Waals surface area contributed by atoms with Crippen LogP contribution in [0.5, 0.6) is 17.2 Å². The fourth-order valence-electron chi connectivity index (χ4n) is 6.01. The van der Waals surface area contributed by atoms with E-state index in [-0.39, 0.29) is 22.4 Å². The average Bonchev–Trinajstić information content (AvgIpc) is 3.53. The molecule has 0 unspecified atom stereocenters. The van der Waals surface area contributed by atoms with E-state index < -0.39 is 10.1 Å². The van der Waals surface area contributed by atoms with Gasteiger partial charge in [-0.05, 0) is 72.2 Å². The van der Waals surface area contributed by atoms with Crippen molar-refractivity contribution in [2.24, 2.45) is 0 Å². The summed E-state index contributed by atoms with van der Waals surface area (Å²) in [5.74, 6) is 0.921. The largest absolute Gasteiger partial charge is 0.492 e. The van der Waals surface area contributed by atoms with E-state index in [4.69, 9.17) is 13.7 Å². The van der Waals surface area contributed by atoms with E-state index in [9.17, 15) is 8.42 Å². The van der Waals surface area contributed by atoms with Gasteiger partial charge in [0.2, 0.25) is 5.75 Å². The van der Waals surface area contributed by atoms with Crippen molar-refractivity contribution in [3.63, 3.8) is 0 Å². The number of aryl methyl sites for hydroxylation is 2. The zero-order chi connectivity index (χ0) is 26.4. The smallest absolute Gasteiger partial charge is 0.339 e. The minimum Gasteiger partial charge on any atom is -0.492 e. The number of methoxy groups -OCH3 is 2. The van der Waals surface area contributed by atoms with Gasteiger partial charge < -0.3 is 13.7 Å². The normalized spacial score (nSPS) is 18.6. The quantitative estimate of drug-likeness (QED) is 0.375. The molecular formula is C31H31NO5S. The molecule has 3 aliphatic rings. The molecule has 0 saturated heterocycles. The highest BCUT2D eigenvalue weighted by molar-refractivity contribution is 7.87. The Labute approximate surface area is 224 Å². The zero-order valence-corrected chi connectivity index (χ0v) is 22.7. The Balaban J connectivity index is 1.41. The molecule has 38 heavy (non-hydrogen) atoms. The Kier molecular flexibility index (Phi) is 6.28. The number of ether oxygens (including phenoxy) is 2. The summed E-state index contributed by atoms with van der Waals surface area (Å²) in [6.07, 6.45) is 6.93. The second-order valence-electron chi connectivity index (χ2n) is 10.1. The number of rotatable bonds is 6. The summed E-state index contributed by atoms with van der Waals surface area (Å²) in [4.78, 5) is 2.65. The first kappa shape index (κ1) is 24.8. The van der Waals surface area contributed by atoms with Crippen LogP contribution in [0.15, 0.2) is 77.2 Å². The highest BCUT2D eigenvalue weighted by atomic mass is 32.2. The van der Waals surface area contributed by atoms with Crippen molar-refractivity contribution in [2.75, 3.05) is 14.2 Å². The van der Waals surface area contributed by atoms with Gasteiger partial charge >= 0.3 is 10.1 Å². The molecule has 0 aromatic heterocycles. The molecule has 0 fully saturated rings. The van der Waals surface area contributed by atoms with Crippen molar-refractivity contribution in [2.45, 2.75) is 50.2 Å². The molecule has 0 N–H and O–H groups in total. The van der Waals surface area contributed by atoms with E-state index in [1.54, 1.807) is 31.4 Å². The molecule has 196 valence electrons. The standard InChI is InChI=1S/C31H31NO5S/c1-20-11-14-24(15-12-20)38(33,34)37-28-17-21-13-16-27(32-18-22-7-4-5-8-23(22)19-32)25-9-6-10-26(25)29(21)31(36-3)30(28)35-2/h4-8,10-12,14-15,17,27H,9,13,16,18-19H2,1-3H3/t27-/m0/s1. The topological polar surface area (TPSA) is 65.1 Å². The molecule has 1 aliphatic heterocycles. The van der Waals surface area contributed by atoms with Crippen LogP contribution >= 0.6 is 0 Å². The first-order valence-electron chi connectivity index (χ1n) is 12.9. The fourth-order valence-corrected chi connectivity index (χ4v) is 6.94. The van der Waals surface area contributed by atoms with Gasteiger partial charge in [0.15, 0.2) is 11.5 Å². The van der Waals surface area contributed by atoms with Gasteiger partial charge in [-0.25, -0.2) is 0 Å². The maximum absolute atomic E-state index is 13.2. The van der Waals surface area contributed by atoms with Gasteiger partial charge in [-0.2, -0.15) is 8.42 Å². The lowest BCUT2D eigenvalue weighted by Crippen LogP contribution is -2.32. The molecule has 3 aromatic carbocycles. The number of fused-ring (bicyclic) bond motifs is 3. The van der Waals surface area contributed by atoms with Crippen LogP contribution in [0.4, 0.5) is 0 Å². The third-order valence-corrected chi connectivity index (χ3v) is 9.08. The van der Waals surface area contributed by atoms with E-state index in [1.807, 2.05) is 13.0 Å². The Bertz CT molecular complexity index is 1550. The van der Waals surface area contributed by atoms with Gasteiger partial charge in [-0.1, -0.05) is 54.1 Å². The zero-order valence-electron chi connectivity index (χ0n) is 21.9. The van der Waals surface area contributed by atoms with Crippen LogP contribution in [0.1, 0.15) is 40.7 Å². The van der Waals surface area contributed by atoms with Crippen molar-refractivity contribution < 1.29 is 22.1 Å².